The molecule has 1 amide bonds. The second-order valence-electron chi connectivity index (χ2n) is 5.07. The number of nitro groups is 1. The lowest BCUT2D eigenvalue weighted by Gasteiger charge is -2.06. The molecule has 0 aliphatic heterocycles. The summed E-state index contributed by atoms with van der Waals surface area (Å²) in [6.07, 6.45) is 4.54. The van der Waals surface area contributed by atoms with Crippen molar-refractivity contribution in [2.24, 2.45) is 0 Å². The molecule has 0 radical (unpaired) electrons. The molecule has 26 heavy (non-hydrogen) atoms. The molecule has 2 rings (SSSR count). The summed E-state index contributed by atoms with van der Waals surface area (Å²) < 4.78 is 4.87. The number of hydrogen-bond donors (Lipinski definition) is 1. The molecule has 0 unspecified atom stereocenters. The van der Waals surface area contributed by atoms with Gasteiger partial charge in [0.15, 0.2) is 6.61 Å². The van der Waals surface area contributed by atoms with Gasteiger partial charge >= 0.3 is 5.97 Å². The van der Waals surface area contributed by atoms with E-state index in [1.807, 2.05) is 24.5 Å². The Morgan fingerprint density at radius 3 is 2.62 bits per heavy atom. The second-order valence-corrected chi connectivity index (χ2v) is 5.95. The first-order valence-corrected chi connectivity index (χ1v) is 8.73. The third kappa shape index (κ3) is 6.06. The van der Waals surface area contributed by atoms with Crippen LogP contribution < -0.4 is 5.32 Å². The lowest BCUT2D eigenvalue weighted by atomic mass is 10.2. The third-order valence-corrected chi connectivity index (χ3v) is 3.94. The Morgan fingerprint density at radius 2 is 1.96 bits per heavy atom. The molecule has 0 saturated heterocycles. The smallest absolute Gasteiger partial charge is 0.331 e. The monoisotopic (exact) mass is 372 g/mol. The maximum atomic E-state index is 11.8. The van der Waals surface area contributed by atoms with Crippen LogP contribution in [0.25, 0.3) is 6.08 Å². The van der Waals surface area contributed by atoms with Gasteiger partial charge in [-0.1, -0.05) is 6.07 Å². The molecule has 134 valence electrons. The van der Waals surface area contributed by atoms with Gasteiger partial charge in [0, 0.05) is 28.8 Å². The highest BCUT2D eigenvalue weighted by atomic mass is 32.2. The van der Waals surface area contributed by atoms with Crippen LogP contribution in [0.2, 0.25) is 0 Å². The molecule has 0 aromatic heterocycles. The second kappa shape index (κ2) is 9.38. The van der Waals surface area contributed by atoms with Gasteiger partial charge < -0.3 is 10.1 Å². The minimum atomic E-state index is -0.684. The number of nitrogens with one attached hydrogen (secondary N) is 1. The van der Waals surface area contributed by atoms with E-state index in [2.05, 4.69) is 5.32 Å². The summed E-state index contributed by atoms with van der Waals surface area (Å²) in [5, 5.41) is 13.2. The minimum absolute atomic E-state index is 0.0352. The summed E-state index contributed by atoms with van der Waals surface area (Å²) in [5.41, 5.74) is 1.19. The van der Waals surface area contributed by atoms with Gasteiger partial charge in [-0.3, -0.25) is 14.9 Å². The van der Waals surface area contributed by atoms with Crippen LogP contribution in [-0.2, 0) is 14.3 Å². The molecular formula is C18H16N2O5S. The SMILES string of the molecule is CSc1cccc(NC(=O)COC(=O)/C=C/c2ccc([N+](=O)[O-])cc2)c1. The van der Waals surface area contributed by atoms with Crippen LogP contribution in [0.15, 0.2) is 59.5 Å². The first-order valence-electron chi connectivity index (χ1n) is 7.51. The van der Waals surface area contributed by atoms with E-state index in [0.717, 1.165) is 11.0 Å². The standard InChI is InChI=1S/C18H16N2O5S/c1-26-16-4-2-3-14(11-16)19-17(21)12-25-18(22)10-7-13-5-8-15(9-6-13)20(23)24/h2-11H,12H2,1H3,(H,19,21)/b10-7+. The van der Waals surface area contributed by atoms with Crippen molar-refractivity contribution in [2.45, 2.75) is 4.90 Å². The van der Waals surface area contributed by atoms with Gasteiger partial charge in [-0.05, 0) is 48.2 Å². The van der Waals surface area contributed by atoms with Crippen molar-refractivity contribution in [1.29, 1.82) is 0 Å². The lowest BCUT2D eigenvalue weighted by Crippen LogP contribution is -2.20. The fourth-order valence-corrected chi connectivity index (χ4v) is 2.41. The lowest BCUT2D eigenvalue weighted by molar-refractivity contribution is -0.384. The van der Waals surface area contributed by atoms with Crippen molar-refractivity contribution < 1.29 is 19.2 Å². The Hall–Kier alpha value is -3.13. The Morgan fingerprint density at radius 1 is 1.23 bits per heavy atom. The maximum Gasteiger partial charge on any atom is 0.331 e. The Kier molecular flexibility index (Phi) is 6.92. The molecule has 0 atom stereocenters. The predicted octanol–water partition coefficient (Wildman–Crippen LogP) is 3.51. The van der Waals surface area contributed by atoms with Crippen molar-refractivity contribution in [3.05, 3.63) is 70.3 Å². The number of rotatable bonds is 7. The highest BCUT2D eigenvalue weighted by Gasteiger charge is 2.07. The van der Waals surface area contributed by atoms with Gasteiger partial charge in [-0.15, -0.1) is 11.8 Å². The van der Waals surface area contributed by atoms with Gasteiger partial charge in [0.25, 0.3) is 11.6 Å². The summed E-state index contributed by atoms with van der Waals surface area (Å²) in [7, 11) is 0. The number of non-ortho nitro benzene ring substituents is 1. The van der Waals surface area contributed by atoms with Crippen LogP contribution in [0.1, 0.15) is 5.56 Å². The Bertz CT molecular complexity index is 834. The van der Waals surface area contributed by atoms with Gasteiger partial charge in [0.1, 0.15) is 0 Å². The number of esters is 1. The molecule has 0 aliphatic rings. The zero-order valence-electron chi connectivity index (χ0n) is 13.9. The van der Waals surface area contributed by atoms with Crippen molar-refractivity contribution in [3.63, 3.8) is 0 Å². The van der Waals surface area contributed by atoms with E-state index in [1.54, 1.807) is 17.8 Å². The van der Waals surface area contributed by atoms with E-state index < -0.39 is 23.4 Å². The van der Waals surface area contributed by atoms with Crippen molar-refractivity contribution in [2.75, 3.05) is 18.2 Å². The third-order valence-electron chi connectivity index (χ3n) is 3.21. The number of thioether (sulfide) groups is 1. The predicted molar refractivity (Wildman–Crippen MR) is 99.9 cm³/mol. The Balaban J connectivity index is 1.81. The van der Waals surface area contributed by atoms with Crippen LogP contribution in [0.3, 0.4) is 0 Å². The average molecular weight is 372 g/mol. The largest absolute Gasteiger partial charge is 0.452 e. The van der Waals surface area contributed by atoms with E-state index in [4.69, 9.17) is 4.74 Å². The molecule has 8 heteroatoms. The first kappa shape index (κ1) is 19.2. The zero-order chi connectivity index (χ0) is 18.9. The molecule has 0 aliphatic carbocycles. The van der Waals surface area contributed by atoms with Gasteiger partial charge in [0.2, 0.25) is 0 Å². The normalized spacial score (nSPS) is 10.5. The number of anilines is 1. The quantitative estimate of drug-likeness (QED) is 0.263. The van der Waals surface area contributed by atoms with Crippen LogP contribution in [-0.4, -0.2) is 29.7 Å². The summed E-state index contributed by atoms with van der Waals surface area (Å²) >= 11 is 1.55. The first-order chi connectivity index (χ1) is 12.5. The number of nitrogens with zero attached hydrogens (tertiary/aromatic N) is 1. The number of carbonyl (C=O) groups excluding carboxylic acids is 2. The summed E-state index contributed by atoms with van der Waals surface area (Å²) in [5.74, 6) is -1.13. The molecule has 0 fully saturated rings. The van der Waals surface area contributed by atoms with Gasteiger partial charge in [-0.25, -0.2) is 4.79 Å². The zero-order valence-corrected chi connectivity index (χ0v) is 14.7. The minimum Gasteiger partial charge on any atom is -0.452 e. The van der Waals surface area contributed by atoms with E-state index in [0.29, 0.717) is 11.3 Å². The number of ether oxygens (including phenoxy) is 1. The summed E-state index contributed by atoms with van der Waals surface area (Å²) in [6, 6.07) is 13.0. The Labute approximate surface area is 154 Å². The highest BCUT2D eigenvalue weighted by molar-refractivity contribution is 7.98. The molecule has 0 heterocycles. The van der Waals surface area contributed by atoms with Crippen LogP contribution in [0, 0.1) is 10.1 Å². The van der Waals surface area contributed by atoms with Crippen LogP contribution >= 0.6 is 11.8 Å². The fraction of sp³-hybridized carbons (Fsp3) is 0.111. The molecule has 1 N–H and O–H groups in total. The number of benzene rings is 2. The topological polar surface area (TPSA) is 98.5 Å². The molecule has 2 aromatic carbocycles. The van der Waals surface area contributed by atoms with Crippen molar-refractivity contribution >= 4 is 41.1 Å². The molecule has 0 bridgehead atoms. The van der Waals surface area contributed by atoms with E-state index in [1.165, 1.54) is 30.3 Å². The van der Waals surface area contributed by atoms with Crippen molar-refractivity contribution in [3.8, 4) is 0 Å². The molecular weight excluding hydrogens is 356 g/mol. The summed E-state index contributed by atoms with van der Waals surface area (Å²) in [4.78, 5) is 34.5. The van der Waals surface area contributed by atoms with E-state index in [9.17, 15) is 19.7 Å². The van der Waals surface area contributed by atoms with E-state index in [-0.39, 0.29) is 5.69 Å². The molecule has 2 aromatic rings. The molecule has 0 saturated carbocycles. The average Bonchev–Trinajstić information content (AvgIpc) is 2.65. The van der Waals surface area contributed by atoms with Gasteiger partial charge in [-0.2, -0.15) is 0 Å². The fourth-order valence-electron chi connectivity index (χ4n) is 1.95. The van der Waals surface area contributed by atoms with Crippen LogP contribution in [0.5, 0.6) is 0 Å². The number of amides is 1. The van der Waals surface area contributed by atoms with Crippen molar-refractivity contribution in [1.82, 2.24) is 0 Å². The summed E-state index contributed by atoms with van der Waals surface area (Å²) in [6.45, 7) is -0.410. The molecule has 0 spiro atoms. The van der Waals surface area contributed by atoms with E-state index >= 15 is 0 Å². The maximum absolute atomic E-state index is 11.8. The highest BCUT2D eigenvalue weighted by Crippen LogP contribution is 2.18. The number of carbonyl (C=O) groups is 2. The number of nitro benzene ring substituents is 1. The van der Waals surface area contributed by atoms with Crippen LogP contribution in [0.4, 0.5) is 11.4 Å². The van der Waals surface area contributed by atoms with Gasteiger partial charge in [0.05, 0.1) is 4.92 Å². The number of hydrogen-bond acceptors (Lipinski definition) is 6. The molecule has 7 nitrogen and oxygen atoms in total.